The Kier molecular flexibility index (Phi) is 12.2. The van der Waals surface area contributed by atoms with Gasteiger partial charge in [-0.1, -0.05) is 18.9 Å². The zero-order valence-corrected chi connectivity index (χ0v) is 27.1. The second-order valence-electron chi connectivity index (χ2n) is 13.6. The molecule has 0 aromatic rings. The van der Waals surface area contributed by atoms with E-state index in [1.54, 1.807) is 0 Å². The SMILES string of the molecule is COC1CCC2C(C1)C(C1CCC(Cl)CC1)=N[C@@H](CC(=O)NCCNC(=O)/C=C/C1CCCC(B(O)O)C1)C1NNC(C)N21. The molecule has 0 spiro atoms. The van der Waals surface area contributed by atoms with Crippen LogP contribution in [0.5, 0.6) is 0 Å². The van der Waals surface area contributed by atoms with Crippen LogP contribution in [0.2, 0.25) is 5.82 Å². The quantitative estimate of drug-likeness (QED) is 0.0927. The van der Waals surface area contributed by atoms with Crippen molar-refractivity contribution < 1.29 is 24.4 Å². The van der Waals surface area contributed by atoms with E-state index in [0.717, 1.165) is 64.2 Å². The summed E-state index contributed by atoms with van der Waals surface area (Å²) in [4.78, 5) is 33.6. The number of hydrazine groups is 1. The topological polar surface area (TPSA) is 148 Å². The van der Waals surface area contributed by atoms with Crippen molar-refractivity contribution in [2.45, 2.75) is 126 Å². The number of hydrogen-bond acceptors (Lipinski definition) is 9. The van der Waals surface area contributed by atoms with Crippen molar-refractivity contribution in [3.05, 3.63) is 12.2 Å². The van der Waals surface area contributed by atoms with Crippen molar-refractivity contribution in [2.24, 2.45) is 22.7 Å². The van der Waals surface area contributed by atoms with Crippen LogP contribution in [0.4, 0.5) is 0 Å². The van der Waals surface area contributed by atoms with Gasteiger partial charge in [-0.15, -0.1) is 11.6 Å². The number of allylic oxidation sites excluding steroid dienone is 1. The van der Waals surface area contributed by atoms with Crippen LogP contribution in [0.1, 0.15) is 84.0 Å². The average Bonchev–Trinajstić information content (AvgIpc) is 3.35. The molecule has 0 bridgehead atoms. The van der Waals surface area contributed by atoms with E-state index in [-0.39, 0.29) is 59.8 Å². The van der Waals surface area contributed by atoms with E-state index in [2.05, 4.69) is 33.3 Å². The third kappa shape index (κ3) is 8.43. The molecule has 246 valence electrons. The highest BCUT2D eigenvalue weighted by molar-refractivity contribution is 6.43. The summed E-state index contributed by atoms with van der Waals surface area (Å²) in [5.74, 6) is 0.423. The van der Waals surface area contributed by atoms with Gasteiger partial charge in [0.15, 0.2) is 0 Å². The first-order valence-corrected chi connectivity index (χ1v) is 17.3. The molecule has 3 saturated carbocycles. The van der Waals surface area contributed by atoms with Gasteiger partial charge in [-0.3, -0.25) is 19.5 Å². The number of alkyl halides is 1. The van der Waals surface area contributed by atoms with Crippen molar-refractivity contribution in [3.63, 3.8) is 0 Å². The highest BCUT2D eigenvalue weighted by Crippen LogP contribution is 2.42. The molecule has 5 rings (SSSR count). The standard InChI is InChI=1S/C31H52BClN6O5/c1-19-37-38-31-26(18-29(41)35-15-14-34-28(40)13-6-20-4-3-5-22(16-20)32(42)43)36-30(21-7-9-23(33)10-8-21)25-17-24(44-2)11-12-27(25)39(19)31/h6,13,19-27,31,37-38,42-43H,3-5,7-12,14-18H2,1-2H3,(H,34,40)(H,35,41)/b13-6+/t19?,20?,21?,22?,23?,24?,25?,26-,27?,31?/m0/s1. The average molecular weight is 635 g/mol. The number of methoxy groups -OCH3 is 1. The minimum absolute atomic E-state index is 0.0795. The van der Waals surface area contributed by atoms with Gasteiger partial charge in [0.25, 0.3) is 0 Å². The maximum absolute atomic E-state index is 13.2. The van der Waals surface area contributed by atoms with Crippen LogP contribution in [0.3, 0.4) is 0 Å². The van der Waals surface area contributed by atoms with Crippen LogP contribution in [0.15, 0.2) is 17.1 Å². The van der Waals surface area contributed by atoms with Crippen molar-refractivity contribution in [1.29, 1.82) is 0 Å². The maximum atomic E-state index is 13.2. The van der Waals surface area contributed by atoms with Crippen molar-refractivity contribution in [1.82, 2.24) is 26.4 Å². The van der Waals surface area contributed by atoms with E-state index >= 15 is 0 Å². The number of ether oxygens (including phenoxy) is 1. The minimum Gasteiger partial charge on any atom is -0.427 e. The monoisotopic (exact) mass is 634 g/mol. The Labute approximate surface area is 267 Å². The number of hydrogen-bond donors (Lipinski definition) is 6. The molecule has 2 aliphatic heterocycles. The van der Waals surface area contributed by atoms with Crippen LogP contribution in [-0.2, 0) is 14.3 Å². The highest BCUT2D eigenvalue weighted by Gasteiger charge is 2.50. The molecule has 13 heteroatoms. The zero-order valence-electron chi connectivity index (χ0n) is 26.3. The molecule has 0 aromatic carbocycles. The number of amides is 2. The first-order chi connectivity index (χ1) is 21.2. The minimum atomic E-state index is -1.30. The van der Waals surface area contributed by atoms with Crippen LogP contribution in [-0.4, -0.2) is 95.7 Å². The van der Waals surface area contributed by atoms with E-state index in [9.17, 15) is 19.6 Å². The number of aliphatic imine (C=N–C) groups is 1. The molecule has 0 radical (unpaired) electrons. The molecular formula is C31H52BClN6O5. The third-order valence-corrected chi connectivity index (χ3v) is 11.1. The molecular weight excluding hydrogens is 583 g/mol. The van der Waals surface area contributed by atoms with Crippen LogP contribution < -0.4 is 21.5 Å². The van der Waals surface area contributed by atoms with Gasteiger partial charge in [-0.2, -0.15) is 0 Å². The number of rotatable bonds is 10. The van der Waals surface area contributed by atoms with Crippen LogP contribution >= 0.6 is 11.6 Å². The van der Waals surface area contributed by atoms with Gasteiger partial charge in [-0.05, 0) is 88.4 Å². The van der Waals surface area contributed by atoms with Crippen molar-refractivity contribution >= 4 is 36.2 Å². The molecule has 0 aromatic heterocycles. The second kappa shape index (κ2) is 15.8. The molecule has 8 atom stereocenters. The Morgan fingerprint density at radius 2 is 1.84 bits per heavy atom. The first kappa shape index (κ1) is 33.8. The Morgan fingerprint density at radius 1 is 1.07 bits per heavy atom. The van der Waals surface area contributed by atoms with Crippen LogP contribution in [0.25, 0.3) is 0 Å². The lowest BCUT2D eigenvalue weighted by atomic mass is 9.62. The van der Waals surface area contributed by atoms with Gasteiger partial charge in [0.2, 0.25) is 11.8 Å². The summed E-state index contributed by atoms with van der Waals surface area (Å²) in [6.07, 6.45) is 14.3. The molecule has 1 saturated heterocycles. The third-order valence-electron chi connectivity index (χ3n) is 10.7. The number of carbonyl (C=O) groups is 2. The first-order valence-electron chi connectivity index (χ1n) is 16.8. The molecule has 4 fully saturated rings. The summed E-state index contributed by atoms with van der Waals surface area (Å²) < 4.78 is 5.85. The predicted molar refractivity (Wildman–Crippen MR) is 172 cm³/mol. The summed E-state index contributed by atoms with van der Waals surface area (Å²) in [5, 5.41) is 25.0. The molecule has 7 unspecified atom stereocenters. The van der Waals surface area contributed by atoms with E-state index in [1.165, 1.54) is 11.8 Å². The normalized spacial score (nSPS) is 37.9. The molecule has 11 nitrogen and oxygen atoms in total. The highest BCUT2D eigenvalue weighted by atomic mass is 35.5. The van der Waals surface area contributed by atoms with Gasteiger partial charge in [0.05, 0.1) is 30.9 Å². The zero-order chi connectivity index (χ0) is 31.2. The number of fused-ring (bicyclic) bond motifs is 3. The van der Waals surface area contributed by atoms with Gasteiger partial charge in [0.1, 0.15) is 0 Å². The molecule has 2 heterocycles. The molecule has 2 amide bonds. The lowest BCUT2D eigenvalue weighted by Crippen LogP contribution is -2.55. The van der Waals surface area contributed by atoms with Gasteiger partial charge in [-0.25, -0.2) is 10.9 Å². The molecule has 44 heavy (non-hydrogen) atoms. The van der Waals surface area contributed by atoms with E-state index in [1.807, 2.05) is 13.2 Å². The predicted octanol–water partition coefficient (Wildman–Crippen LogP) is 2.08. The van der Waals surface area contributed by atoms with E-state index in [4.69, 9.17) is 21.3 Å². The number of carbonyl (C=O) groups excluding carboxylic acids is 2. The largest absolute Gasteiger partial charge is 0.454 e. The summed E-state index contributed by atoms with van der Waals surface area (Å²) in [7, 11) is 0.507. The molecule has 5 aliphatic rings. The lowest BCUT2D eigenvalue weighted by molar-refractivity contribution is -0.122. The van der Waals surface area contributed by atoms with Crippen LogP contribution in [0, 0.1) is 17.8 Å². The van der Waals surface area contributed by atoms with E-state index < -0.39 is 7.12 Å². The summed E-state index contributed by atoms with van der Waals surface area (Å²) >= 11 is 6.49. The van der Waals surface area contributed by atoms with E-state index in [0.29, 0.717) is 37.4 Å². The van der Waals surface area contributed by atoms with Crippen molar-refractivity contribution in [3.8, 4) is 0 Å². The molecule has 6 N–H and O–H groups in total. The van der Waals surface area contributed by atoms with Gasteiger partial charge in [0, 0.05) is 43.2 Å². The number of nitrogens with zero attached hydrogens (tertiary/aromatic N) is 2. The summed E-state index contributed by atoms with van der Waals surface area (Å²) in [5.41, 5.74) is 8.14. The Bertz CT molecular complexity index is 1040. The van der Waals surface area contributed by atoms with Gasteiger partial charge < -0.3 is 25.4 Å². The fourth-order valence-corrected chi connectivity index (χ4v) is 8.56. The number of halogens is 1. The number of nitrogens with one attached hydrogen (secondary N) is 4. The van der Waals surface area contributed by atoms with Crippen molar-refractivity contribution in [2.75, 3.05) is 20.2 Å². The Morgan fingerprint density at radius 3 is 2.59 bits per heavy atom. The Hall–Kier alpha value is -1.54. The fourth-order valence-electron chi connectivity index (χ4n) is 8.31. The second-order valence-corrected chi connectivity index (χ2v) is 14.2. The lowest BCUT2D eigenvalue weighted by Gasteiger charge is -2.44. The molecule has 3 aliphatic carbocycles. The maximum Gasteiger partial charge on any atom is 0.454 e. The van der Waals surface area contributed by atoms with Gasteiger partial charge >= 0.3 is 7.12 Å². The summed E-state index contributed by atoms with van der Waals surface area (Å²) in [6, 6.07) is 0.0953. The summed E-state index contributed by atoms with van der Waals surface area (Å²) in [6.45, 7) is 2.83. The smallest absolute Gasteiger partial charge is 0.427 e. The Balaban J connectivity index is 1.18. The fraction of sp³-hybridized carbons (Fsp3) is 0.839.